The van der Waals surface area contributed by atoms with Crippen LogP contribution in [0.15, 0.2) is 77.7 Å². The smallest absolute Gasteiger partial charge is 0.264 e. The summed E-state index contributed by atoms with van der Waals surface area (Å²) in [6, 6.07) is 21.4. The monoisotopic (exact) mass is 678 g/mol. The molecular formula is C38H42N6O4S. The molecule has 1 amide bonds. The summed E-state index contributed by atoms with van der Waals surface area (Å²) in [4.78, 5) is 25.4. The van der Waals surface area contributed by atoms with Crippen LogP contribution < -0.4 is 9.46 Å². The maximum absolute atomic E-state index is 14.6. The van der Waals surface area contributed by atoms with Crippen LogP contribution in [0.3, 0.4) is 0 Å². The Balaban J connectivity index is 1.49. The van der Waals surface area contributed by atoms with Gasteiger partial charge in [0, 0.05) is 35.0 Å². The number of nitrogens with one attached hydrogen (secondary N) is 2. The van der Waals surface area contributed by atoms with Crippen LogP contribution in [0.2, 0.25) is 0 Å². The number of rotatable bonds is 5. The molecule has 49 heavy (non-hydrogen) atoms. The van der Waals surface area contributed by atoms with Gasteiger partial charge in [0.05, 0.1) is 22.3 Å². The lowest BCUT2D eigenvalue weighted by Gasteiger charge is -2.36. The van der Waals surface area contributed by atoms with Crippen molar-refractivity contribution in [2.75, 3.05) is 11.3 Å². The number of aryl methyl sites for hydroxylation is 4. The molecule has 0 saturated heterocycles. The van der Waals surface area contributed by atoms with Gasteiger partial charge in [-0.05, 0) is 86.1 Å². The van der Waals surface area contributed by atoms with Crippen LogP contribution in [0.5, 0.6) is 5.88 Å². The maximum atomic E-state index is 14.6. The zero-order chi connectivity index (χ0) is 35.1. The van der Waals surface area contributed by atoms with E-state index in [0.29, 0.717) is 12.1 Å². The summed E-state index contributed by atoms with van der Waals surface area (Å²) in [6.07, 6.45) is 0.607. The molecule has 3 aromatic carbocycles. The molecule has 2 aromatic heterocycles. The molecule has 254 valence electrons. The molecule has 5 aromatic rings. The quantitative estimate of drug-likeness (QED) is 0.198. The number of carbonyl (C=O) groups is 1. The molecule has 0 spiro atoms. The van der Waals surface area contributed by atoms with E-state index in [1.165, 1.54) is 12.1 Å². The fraction of sp³-hybridized carbons (Fsp3) is 0.316. The lowest BCUT2D eigenvalue weighted by molar-refractivity contribution is 0.0513. The van der Waals surface area contributed by atoms with Gasteiger partial charge in [-0.3, -0.25) is 9.89 Å². The highest BCUT2D eigenvalue weighted by molar-refractivity contribution is 7.92. The van der Waals surface area contributed by atoms with Gasteiger partial charge in [-0.1, -0.05) is 63.2 Å². The molecule has 0 aliphatic carbocycles. The predicted octanol–water partition coefficient (Wildman–Crippen LogP) is 7.41. The molecule has 0 unspecified atom stereocenters. The van der Waals surface area contributed by atoms with Crippen LogP contribution in [-0.4, -0.2) is 52.0 Å². The molecule has 11 heteroatoms. The first-order chi connectivity index (χ1) is 23.2. The average Bonchev–Trinajstić information content (AvgIpc) is 3.38. The summed E-state index contributed by atoms with van der Waals surface area (Å²) in [5.41, 5.74) is 8.23. The van der Waals surface area contributed by atoms with Crippen molar-refractivity contribution in [1.29, 1.82) is 0 Å². The fourth-order valence-corrected chi connectivity index (χ4v) is 7.53. The Morgan fingerprint density at radius 2 is 1.57 bits per heavy atom. The summed E-state index contributed by atoms with van der Waals surface area (Å²) in [5.74, 6) is -0.211. The molecule has 10 nitrogen and oxygen atoms in total. The number of benzene rings is 3. The molecule has 6 rings (SSSR count). The Morgan fingerprint density at radius 1 is 0.878 bits per heavy atom. The van der Waals surface area contributed by atoms with Crippen molar-refractivity contribution in [2.24, 2.45) is 5.41 Å². The van der Waals surface area contributed by atoms with Crippen LogP contribution in [-0.2, 0) is 16.6 Å². The van der Waals surface area contributed by atoms with E-state index in [4.69, 9.17) is 4.74 Å². The first kappa shape index (κ1) is 33.9. The number of aromatic amines is 1. The van der Waals surface area contributed by atoms with Gasteiger partial charge in [0.15, 0.2) is 0 Å². The molecule has 1 atom stereocenters. The number of hydrogen-bond donors (Lipinski definition) is 2. The maximum Gasteiger partial charge on any atom is 0.264 e. The van der Waals surface area contributed by atoms with E-state index in [0.717, 1.165) is 44.8 Å². The molecule has 4 bridgehead atoms. The molecule has 3 heterocycles. The molecule has 0 fully saturated rings. The summed E-state index contributed by atoms with van der Waals surface area (Å²) in [5, 5.41) is 7.43. The van der Waals surface area contributed by atoms with Crippen molar-refractivity contribution in [3.63, 3.8) is 0 Å². The van der Waals surface area contributed by atoms with Crippen molar-refractivity contribution < 1.29 is 17.9 Å². The molecule has 1 aliphatic rings. The minimum Gasteiger partial charge on any atom is -0.475 e. The lowest BCUT2D eigenvalue weighted by Crippen LogP contribution is -2.45. The average molecular weight is 679 g/mol. The largest absolute Gasteiger partial charge is 0.475 e. The van der Waals surface area contributed by atoms with Gasteiger partial charge in [0.25, 0.3) is 15.9 Å². The normalized spacial score (nSPS) is 16.2. The highest BCUT2D eigenvalue weighted by atomic mass is 32.2. The fourth-order valence-electron chi connectivity index (χ4n) is 6.54. The number of amides is 1. The van der Waals surface area contributed by atoms with Crippen LogP contribution in [0.4, 0.5) is 5.95 Å². The first-order valence-electron chi connectivity index (χ1n) is 16.3. The van der Waals surface area contributed by atoms with Gasteiger partial charge in [0.2, 0.25) is 11.8 Å². The minimum atomic E-state index is -4.17. The van der Waals surface area contributed by atoms with E-state index in [2.05, 4.69) is 51.7 Å². The van der Waals surface area contributed by atoms with Gasteiger partial charge in [-0.15, -0.1) is 0 Å². The zero-order valence-electron chi connectivity index (χ0n) is 29.0. The number of H-pyrrole nitrogens is 1. The lowest BCUT2D eigenvalue weighted by atomic mass is 9.87. The highest BCUT2D eigenvalue weighted by Crippen LogP contribution is 2.33. The highest BCUT2D eigenvalue weighted by Gasteiger charge is 2.31. The first-order valence-corrected chi connectivity index (χ1v) is 17.8. The van der Waals surface area contributed by atoms with Gasteiger partial charge in [0.1, 0.15) is 6.61 Å². The predicted molar refractivity (Wildman–Crippen MR) is 191 cm³/mol. The van der Waals surface area contributed by atoms with E-state index in [9.17, 15) is 13.2 Å². The van der Waals surface area contributed by atoms with Gasteiger partial charge in [-0.25, -0.2) is 18.1 Å². The number of fused-ring (bicyclic) bond motifs is 4. The summed E-state index contributed by atoms with van der Waals surface area (Å²) < 4.78 is 36.4. The summed E-state index contributed by atoms with van der Waals surface area (Å²) in [7, 11) is -4.17. The third-order valence-corrected chi connectivity index (χ3v) is 10.1. The third kappa shape index (κ3) is 7.36. The number of anilines is 1. The van der Waals surface area contributed by atoms with Crippen LogP contribution >= 0.6 is 0 Å². The van der Waals surface area contributed by atoms with E-state index in [1.54, 1.807) is 23.1 Å². The molecular weight excluding hydrogens is 637 g/mol. The molecule has 0 saturated carbocycles. The topological polar surface area (TPSA) is 130 Å². The SMILES string of the molecule is Cc1cccc(C)c1-c1cc2nc(n1)NS(=O)(=O)c1cccc(c1)C(=O)N(Cc1cccc(-c3c(C)n[nH]c3C)c1)[C@H](CC(C)(C)C)CO2. The minimum absolute atomic E-state index is 0.0682. The third-order valence-electron chi connectivity index (χ3n) is 8.73. The van der Waals surface area contributed by atoms with Crippen LogP contribution in [0.1, 0.15) is 65.6 Å². The number of aromatic nitrogens is 4. The Kier molecular flexibility index (Phi) is 9.06. The van der Waals surface area contributed by atoms with Crippen molar-refractivity contribution in [1.82, 2.24) is 25.1 Å². The van der Waals surface area contributed by atoms with Crippen molar-refractivity contribution in [3.05, 3.63) is 106 Å². The number of hydrogen-bond acceptors (Lipinski definition) is 7. The van der Waals surface area contributed by atoms with E-state index in [-0.39, 0.29) is 46.8 Å². The van der Waals surface area contributed by atoms with E-state index < -0.39 is 16.1 Å². The van der Waals surface area contributed by atoms with Gasteiger partial charge >= 0.3 is 0 Å². The van der Waals surface area contributed by atoms with Crippen LogP contribution in [0.25, 0.3) is 22.4 Å². The Labute approximate surface area is 288 Å². The number of sulfonamides is 1. The molecule has 1 aliphatic heterocycles. The Morgan fingerprint density at radius 3 is 2.27 bits per heavy atom. The Bertz CT molecular complexity index is 2110. The van der Waals surface area contributed by atoms with Crippen molar-refractivity contribution in [3.8, 4) is 28.3 Å². The second kappa shape index (κ2) is 13.1. The molecule has 2 N–H and O–H groups in total. The standard InChI is InChI=1S/C38H42N6O4S/c1-23-11-8-12-24(2)34(23)32-19-33-40-37(39-32)43-49(46,47)31-16-10-15-29(18-31)36(45)44(30(22-48-33)20-38(5,6)7)21-27-13-9-14-28(17-27)35-25(3)41-42-26(35)4/h8-19,30H,20-22H2,1-7H3,(H,41,42)(H,39,40,43)/t30-/m1/s1. The number of ether oxygens (including phenoxy) is 1. The van der Waals surface area contributed by atoms with Crippen molar-refractivity contribution >= 4 is 21.9 Å². The van der Waals surface area contributed by atoms with Crippen LogP contribution in [0, 0.1) is 33.1 Å². The summed E-state index contributed by atoms with van der Waals surface area (Å²) >= 11 is 0. The second-order valence-corrected chi connectivity index (χ2v) is 15.7. The van der Waals surface area contributed by atoms with E-state index >= 15 is 0 Å². The Hall–Kier alpha value is -5.03. The summed E-state index contributed by atoms with van der Waals surface area (Å²) in [6.45, 7) is 14.7. The van der Waals surface area contributed by atoms with Gasteiger partial charge < -0.3 is 9.64 Å². The molecule has 0 radical (unpaired) electrons. The number of nitrogens with zero attached hydrogens (tertiary/aromatic N) is 4. The number of carbonyl (C=O) groups excluding carboxylic acids is 1. The second-order valence-electron chi connectivity index (χ2n) is 14.0. The van der Waals surface area contributed by atoms with Gasteiger partial charge in [-0.2, -0.15) is 10.1 Å². The van der Waals surface area contributed by atoms with Crippen molar-refractivity contribution in [2.45, 2.75) is 72.4 Å². The van der Waals surface area contributed by atoms with E-state index in [1.807, 2.05) is 64.1 Å². The zero-order valence-corrected chi connectivity index (χ0v) is 29.8.